The molecule has 3 heteroatoms. The number of aromatic hydroxyl groups is 1. The molecule has 0 aliphatic carbocycles. The predicted octanol–water partition coefficient (Wildman–Crippen LogP) is 1.19. The number of aryl methyl sites for hydroxylation is 1. The summed E-state index contributed by atoms with van der Waals surface area (Å²) in [5.41, 5.74) is 1.60. The van der Waals surface area contributed by atoms with Crippen molar-refractivity contribution >= 4 is 20.6 Å². The van der Waals surface area contributed by atoms with E-state index in [-0.39, 0.29) is 5.75 Å². The molecular weight excluding hydrogens is 205 g/mol. The maximum atomic E-state index is 9.14. The van der Waals surface area contributed by atoms with Crippen molar-refractivity contribution in [1.29, 1.82) is 5.41 Å². The second kappa shape index (κ2) is 3.07. The number of hydrogen-bond donors (Lipinski definition) is 2. The van der Waals surface area contributed by atoms with Gasteiger partial charge in [-0.3, -0.25) is 0 Å². The van der Waals surface area contributed by atoms with Gasteiger partial charge in [0.2, 0.25) is 0 Å². The van der Waals surface area contributed by atoms with E-state index in [0.29, 0.717) is 4.61 Å². The zero-order valence-corrected chi connectivity index (χ0v) is 7.80. The van der Waals surface area contributed by atoms with Crippen molar-refractivity contribution < 1.29 is 5.11 Å². The van der Waals surface area contributed by atoms with Gasteiger partial charge in [-0.1, -0.05) is 0 Å². The van der Waals surface area contributed by atoms with E-state index in [1.165, 1.54) is 0 Å². The first-order chi connectivity index (χ1) is 5.11. The number of nitrogens with one attached hydrogen (secondary N) is 1. The van der Waals surface area contributed by atoms with Crippen molar-refractivity contribution in [1.82, 2.24) is 0 Å². The van der Waals surface area contributed by atoms with Gasteiger partial charge in [0.05, 0.1) is 0 Å². The molecule has 1 rings (SSSR count). The molecule has 0 aliphatic rings. The van der Waals surface area contributed by atoms with Crippen molar-refractivity contribution in [2.75, 3.05) is 0 Å². The molecule has 0 bridgehead atoms. The second-order valence-corrected chi connectivity index (χ2v) is 3.19. The van der Waals surface area contributed by atoms with Crippen molar-refractivity contribution in [2.24, 2.45) is 0 Å². The molecule has 0 unspecified atom stereocenters. The minimum absolute atomic E-state index is 0.273. The normalized spacial score (nSPS) is 9.55. The number of benzene rings is 1. The molecule has 0 saturated carbocycles. The van der Waals surface area contributed by atoms with E-state index < -0.39 is 0 Å². The quantitative estimate of drug-likeness (QED) is 0.534. The van der Waals surface area contributed by atoms with Crippen LogP contribution in [0.25, 0.3) is 0 Å². The van der Waals surface area contributed by atoms with Gasteiger partial charge in [0.25, 0.3) is 0 Å². The van der Waals surface area contributed by atoms with Crippen LogP contribution in [0.2, 0.25) is 0 Å². The first-order valence-corrected chi connectivity index (χ1v) is 4.02. The molecule has 0 aromatic heterocycles. The molecule has 0 saturated heterocycles. The average Bonchev–Trinajstić information content (AvgIpc) is 1.94. The maximum absolute atomic E-state index is 9.14. The van der Waals surface area contributed by atoms with Gasteiger partial charge in [-0.05, 0) is 0 Å². The topological polar surface area (TPSA) is 44.1 Å². The summed E-state index contributed by atoms with van der Waals surface area (Å²) in [7, 11) is 0. The zero-order valence-electron chi connectivity index (χ0n) is 6.09. The molecule has 0 aliphatic heterocycles. The van der Waals surface area contributed by atoms with Crippen LogP contribution in [0, 0.1) is 12.3 Å². The number of rotatable bonds is 1. The van der Waals surface area contributed by atoms with Gasteiger partial charge in [0, 0.05) is 0 Å². The zero-order chi connectivity index (χ0) is 8.43. The predicted molar refractivity (Wildman–Crippen MR) is 45.4 cm³/mol. The molecule has 1 aromatic rings. The average molecular weight is 213 g/mol. The standard InChI is InChI=1S/C8H8NOSe/c1-5-4-6(8(9)11)2-3-7(5)10/h2-4,9-10H,1H3. The molecule has 57 valence electrons. The summed E-state index contributed by atoms with van der Waals surface area (Å²) in [6.45, 7) is 1.81. The van der Waals surface area contributed by atoms with E-state index in [0.717, 1.165) is 11.1 Å². The van der Waals surface area contributed by atoms with E-state index in [9.17, 15) is 0 Å². The molecule has 2 N–H and O–H groups in total. The first kappa shape index (κ1) is 8.31. The first-order valence-electron chi connectivity index (χ1n) is 3.17. The summed E-state index contributed by atoms with van der Waals surface area (Å²) in [4.78, 5) is 0. The van der Waals surface area contributed by atoms with E-state index in [1.54, 1.807) is 18.2 Å². The van der Waals surface area contributed by atoms with Crippen LogP contribution in [0.5, 0.6) is 5.75 Å². The summed E-state index contributed by atoms with van der Waals surface area (Å²) < 4.78 is 0.396. The SMILES string of the molecule is Cc1cc(C(=N)[Se])ccc1O. The van der Waals surface area contributed by atoms with Crippen molar-refractivity contribution in [3.8, 4) is 5.75 Å². The Morgan fingerprint density at radius 3 is 2.64 bits per heavy atom. The Labute approximate surface area is 73.6 Å². The van der Waals surface area contributed by atoms with Crippen LogP contribution in [0.15, 0.2) is 18.2 Å². The minimum atomic E-state index is 0.273. The van der Waals surface area contributed by atoms with E-state index in [2.05, 4.69) is 16.0 Å². The van der Waals surface area contributed by atoms with Gasteiger partial charge >= 0.3 is 73.1 Å². The number of phenolic OH excluding ortho intramolecular Hbond substituents is 1. The van der Waals surface area contributed by atoms with Gasteiger partial charge in [-0.2, -0.15) is 0 Å². The monoisotopic (exact) mass is 214 g/mol. The van der Waals surface area contributed by atoms with Gasteiger partial charge < -0.3 is 0 Å². The third-order valence-electron chi connectivity index (χ3n) is 1.46. The molecule has 0 atom stereocenters. The van der Waals surface area contributed by atoms with E-state index in [4.69, 9.17) is 10.5 Å². The molecule has 0 fully saturated rings. The Morgan fingerprint density at radius 1 is 1.55 bits per heavy atom. The van der Waals surface area contributed by atoms with Crippen LogP contribution in [0.1, 0.15) is 11.1 Å². The second-order valence-electron chi connectivity index (χ2n) is 2.33. The Balaban J connectivity index is 3.15. The van der Waals surface area contributed by atoms with Crippen LogP contribution in [0.3, 0.4) is 0 Å². The van der Waals surface area contributed by atoms with Crippen LogP contribution >= 0.6 is 0 Å². The molecule has 11 heavy (non-hydrogen) atoms. The fourth-order valence-electron chi connectivity index (χ4n) is 0.797. The molecule has 1 aromatic carbocycles. The third-order valence-corrected chi connectivity index (χ3v) is 1.95. The summed E-state index contributed by atoms with van der Waals surface area (Å²) in [6.07, 6.45) is 0. The molecule has 0 amide bonds. The molecular formula is C8H8NOSe. The fourth-order valence-corrected chi connectivity index (χ4v) is 1.06. The van der Waals surface area contributed by atoms with Crippen molar-refractivity contribution in [3.05, 3.63) is 29.3 Å². The van der Waals surface area contributed by atoms with Gasteiger partial charge in [-0.15, -0.1) is 0 Å². The van der Waals surface area contributed by atoms with Crippen LogP contribution in [-0.2, 0) is 0 Å². The van der Waals surface area contributed by atoms with Gasteiger partial charge in [0.15, 0.2) is 0 Å². The molecule has 0 spiro atoms. The van der Waals surface area contributed by atoms with Crippen LogP contribution in [0.4, 0.5) is 0 Å². The molecule has 1 radical (unpaired) electrons. The Morgan fingerprint density at radius 2 is 2.18 bits per heavy atom. The summed E-state index contributed by atoms with van der Waals surface area (Å²) in [5, 5.41) is 16.4. The molecule has 0 heterocycles. The molecule has 2 nitrogen and oxygen atoms in total. The number of phenols is 1. The summed E-state index contributed by atoms with van der Waals surface area (Å²) >= 11 is 2.60. The van der Waals surface area contributed by atoms with Crippen molar-refractivity contribution in [3.63, 3.8) is 0 Å². The van der Waals surface area contributed by atoms with Crippen LogP contribution < -0.4 is 0 Å². The van der Waals surface area contributed by atoms with E-state index in [1.807, 2.05) is 6.92 Å². The Hall–Kier alpha value is -0.791. The van der Waals surface area contributed by atoms with Crippen LogP contribution in [-0.4, -0.2) is 25.7 Å². The number of hydrogen-bond acceptors (Lipinski definition) is 2. The summed E-state index contributed by atoms with van der Waals surface area (Å²) in [6, 6.07) is 5.08. The van der Waals surface area contributed by atoms with Crippen molar-refractivity contribution in [2.45, 2.75) is 6.92 Å². The Bertz CT molecular complexity index is 296. The van der Waals surface area contributed by atoms with E-state index >= 15 is 0 Å². The van der Waals surface area contributed by atoms with Gasteiger partial charge in [-0.25, -0.2) is 0 Å². The Kier molecular flexibility index (Phi) is 2.32. The van der Waals surface area contributed by atoms with Gasteiger partial charge in [0.1, 0.15) is 0 Å². The third kappa shape index (κ3) is 1.82. The fraction of sp³-hybridized carbons (Fsp3) is 0.125. The summed E-state index contributed by atoms with van der Waals surface area (Å²) in [5.74, 6) is 0.273.